The maximum absolute atomic E-state index is 8.85. The van der Waals surface area contributed by atoms with Gasteiger partial charge in [0.2, 0.25) is 0 Å². The molecule has 0 bridgehead atoms. The lowest BCUT2D eigenvalue weighted by molar-refractivity contribution is 0.276. The van der Waals surface area contributed by atoms with Crippen molar-refractivity contribution in [1.82, 2.24) is 0 Å². The lowest BCUT2D eigenvalue weighted by atomic mass is 10.1. The van der Waals surface area contributed by atoms with Gasteiger partial charge in [-0.3, -0.25) is 0 Å². The lowest BCUT2D eigenvalue weighted by Gasteiger charge is -2.00. The minimum atomic E-state index is 0.407. The molecule has 1 nitrogen and oxygen atoms in total. The van der Waals surface area contributed by atoms with Crippen LogP contribution in [0.5, 0.6) is 0 Å². The van der Waals surface area contributed by atoms with Crippen LogP contribution in [-0.4, -0.2) is 11.7 Å². The third-order valence-electron chi connectivity index (χ3n) is 4.72. The summed E-state index contributed by atoms with van der Waals surface area (Å²) in [4.78, 5) is 0. The summed E-state index contributed by atoms with van der Waals surface area (Å²) in [5.41, 5.74) is 0. The minimum Gasteiger partial charge on any atom is -0.396 e. The van der Waals surface area contributed by atoms with Gasteiger partial charge in [0.25, 0.3) is 0 Å². The molecule has 2 aliphatic rings. The highest BCUT2D eigenvalue weighted by Gasteiger charge is 2.40. The zero-order valence-corrected chi connectivity index (χ0v) is 10.8. The molecule has 1 N–H and O–H groups in total. The number of hydrogen-bond donors (Lipinski definition) is 1. The summed E-state index contributed by atoms with van der Waals surface area (Å²) >= 11 is 0. The molecule has 0 heterocycles. The van der Waals surface area contributed by atoms with Crippen molar-refractivity contribution in [3.63, 3.8) is 0 Å². The Hall–Kier alpha value is -0.0400. The third kappa shape index (κ3) is 3.76. The maximum Gasteiger partial charge on any atom is 0.0433 e. The van der Waals surface area contributed by atoms with E-state index in [2.05, 4.69) is 6.92 Å². The Bertz CT molecular complexity index is 202. The Kier molecular flexibility index (Phi) is 4.69. The van der Waals surface area contributed by atoms with Gasteiger partial charge in [0.15, 0.2) is 0 Å². The van der Waals surface area contributed by atoms with Gasteiger partial charge in [0, 0.05) is 6.61 Å². The molecule has 0 aliphatic heterocycles. The van der Waals surface area contributed by atoms with Gasteiger partial charge in [0.1, 0.15) is 0 Å². The van der Waals surface area contributed by atoms with Crippen LogP contribution in [0.2, 0.25) is 0 Å². The van der Waals surface area contributed by atoms with E-state index in [0.29, 0.717) is 6.61 Å². The molecular formula is C15H28O. The predicted octanol–water partition coefficient (Wildman–Crippen LogP) is 4.00. The molecule has 0 aromatic rings. The molecule has 2 rings (SSSR count). The number of rotatable bonds is 9. The van der Waals surface area contributed by atoms with E-state index in [-0.39, 0.29) is 0 Å². The maximum atomic E-state index is 8.85. The monoisotopic (exact) mass is 224 g/mol. The van der Waals surface area contributed by atoms with Crippen molar-refractivity contribution < 1.29 is 5.11 Å². The molecule has 94 valence electrons. The molecule has 4 unspecified atom stereocenters. The number of aliphatic hydroxyl groups excluding tert-OH is 1. The fraction of sp³-hybridized carbons (Fsp3) is 1.00. The minimum absolute atomic E-state index is 0.407. The second-order valence-corrected chi connectivity index (χ2v) is 6.10. The summed E-state index contributed by atoms with van der Waals surface area (Å²) in [6.07, 6.45) is 12.7. The molecule has 4 atom stereocenters. The SMILES string of the molecule is CCCCCC1CC1CCC1CC1CCO. The van der Waals surface area contributed by atoms with Crippen LogP contribution < -0.4 is 0 Å². The fourth-order valence-corrected chi connectivity index (χ4v) is 3.29. The summed E-state index contributed by atoms with van der Waals surface area (Å²) in [7, 11) is 0. The largest absolute Gasteiger partial charge is 0.396 e. The molecule has 16 heavy (non-hydrogen) atoms. The van der Waals surface area contributed by atoms with Crippen LogP contribution in [0.25, 0.3) is 0 Å². The van der Waals surface area contributed by atoms with Crippen molar-refractivity contribution in [2.45, 2.75) is 64.7 Å². The van der Waals surface area contributed by atoms with E-state index in [1.54, 1.807) is 0 Å². The average Bonchev–Trinajstić information content (AvgIpc) is 3.14. The first-order valence-corrected chi connectivity index (χ1v) is 7.46. The van der Waals surface area contributed by atoms with Crippen LogP contribution in [0.4, 0.5) is 0 Å². The smallest absolute Gasteiger partial charge is 0.0433 e. The molecular weight excluding hydrogens is 196 g/mol. The van der Waals surface area contributed by atoms with Crippen LogP contribution in [0.15, 0.2) is 0 Å². The van der Waals surface area contributed by atoms with E-state index >= 15 is 0 Å². The molecule has 0 saturated heterocycles. The second-order valence-electron chi connectivity index (χ2n) is 6.10. The molecule has 1 heteroatoms. The van der Waals surface area contributed by atoms with E-state index in [0.717, 1.165) is 30.1 Å². The van der Waals surface area contributed by atoms with Crippen molar-refractivity contribution in [3.05, 3.63) is 0 Å². The van der Waals surface area contributed by atoms with Gasteiger partial charge < -0.3 is 5.11 Å². The average molecular weight is 224 g/mol. The van der Waals surface area contributed by atoms with E-state index in [1.807, 2.05) is 0 Å². The van der Waals surface area contributed by atoms with Gasteiger partial charge in [-0.2, -0.15) is 0 Å². The van der Waals surface area contributed by atoms with E-state index in [4.69, 9.17) is 5.11 Å². The Balaban J connectivity index is 1.44. The van der Waals surface area contributed by atoms with E-state index in [1.165, 1.54) is 51.4 Å². The molecule has 2 aliphatic carbocycles. The van der Waals surface area contributed by atoms with Crippen molar-refractivity contribution >= 4 is 0 Å². The summed E-state index contributed by atoms with van der Waals surface area (Å²) in [5, 5.41) is 8.85. The molecule has 2 fully saturated rings. The molecule has 0 aromatic carbocycles. The van der Waals surface area contributed by atoms with Crippen LogP contribution in [0.1, 0.15) is 64.7 Å². The number of unbranched alkanes of at least 4 members (excludes halogenated alkanes) is 2. The second kappa shape index (κ2) is 6.05. The van der Waals surface area contributed by atoms with Crippen LogP contribution in [-0.2, 0) is 0 Å². The van der Waals surface area contributed by atoms with Gasteiger partial charge in [-0.15, -0.1) is 0 Å². The molecule has 0 amide bonds. The van der Waals surface area contributed by atoms with Crippen LogP contribution in [0.3, 0.4) is 0 Å². The normalized spacial score (nSPS) is 36.4. The molecule has 2 saturated carbocycles. The zero-order chi connectivity index (χ0) is 11.4. The van der Waals surface area contributed by atoms with Crippen LogP contribution >= 0.6 is 0 Å². The summed E-state index contributed by atoms with van der Waals surface area (Å²) < 4.78 is 0. The van der Waals surface area contributed by atoms with Crippen LogP contribution in [0, 0.1) is 23.7 Å². The van der Waals surface area contributed by atoms with Gasteiger partial charge in [-0.25, -0.2) is 0 Å². The quantitative estimate of drug-likeness (QED) is 0.587. The first-order valence-electron chi connectivity index (χ1n) is 7.46. The zero-order valence-electron chi connectivity index (χ0n) is 10.8. The number of aliphatic hydroxyl groups is 1. The molecule has 0 aromatic heterocycles. The third-order valence-corrected chi connectivity index (χ3v) is 4.72. The van der Waals surface area contributed by atoms with Gasteiger partial charge >= 0.3 is 0 Å². The lowest BCUT2D eigenvalue weighted by Crippen LogP contribution is -1.90. The van der Waals surface area contributed by atoms with Gasteiger partial charge in [0.05, 0.1) is 0 Å². The van der Waals surface area contributed by atoms with E-state index < -0.39 is 0 Å². The highest BCUT2D eigenvalue weighted by atomic mass is 16.3. The Morgan fingerprint density at radius 3 is 1.94 bits per heavy atom. The number of hydrogen-bond acceptors (Lipinski definition) is 1. The van der Waals surface area contributed by atoms with Gasteiger partial charge in [-0.05, 0) is 55.8 Å². The fourth-order valence-electron chi connectivity index (χ4n) is 3.29. The summed E-state index contributed by atoms with van der Waals surface area (Å²) in [5.74, 6) is 4.07. The van der Waals surface area contributed by atoms with Crippen molar-refractivity contribution in [2.75, 3.05) is 6.61 Å². The first-order chi connectivity index (χ1) is 7.85. The highest BCUT2D eigenvalue weighted by Crippen LogP contribution is 2.50. The first kappa shape index (κ1) is 12.4. The topological polar surface area (TPSA) is 20.2 Å². The standard InChI is InChI=1S/C15H28O/c1-2-3-4-5-12-10-13(12)6-7-14-11-15(14)8-9-16/h12-16H,2-11H2,1H3. The van der Waals surface area contributed by atoms with Crippen molar-refractivity contribution in [3.8, 4) is 0 Å². The van der Waals surface area contributed by atoms with E-state index in [9.17, 15) is 0 Å². The Morgan fingerprint density at radius 2 is 1.38 bits per heavy atom. The highest BCUT2D eigenvalue weighted by molar-refractivity contribution is 4.91. The van der Waals surface area contributed by atoms with Crippen molar-refractivity contribution in [1.29, 1.82) is 0 Å². The summed E-state index contributed by atoms with van der Waals surface area (Å²) in [6, 6.07) is 0. The van der Waals surface area contributed by atoms with Gasteiger partial charge in [-0.1, -0.05) is 32.6 Å². The molecule has 0 radical (unpaired) electrons. The molecule has 0 spiro atoms. The summed E-state index contributed by atoms with van der Waals surface area (Å²) in [6.45, 7) is 2.70. The Morgan fingerprint density at radius 1 is 0.812 bits per heavy atom. The van der Waals surface area contributed by atoms with Crippen molar-refractivity contribution in [2.24, 2.45) is 23.7 Å². The Labute approximate surface area is 101 Å². The predicted molar refractivity (Wildman–Crippen MR) is 68.3 cm³/mol.